The van der Waals surface area contributed by atoms with E-state index in [0.717, 1.165) is 6.04 Å². The average molecular weight is 158 g/mol. The van der Waals surface area contributed by atoms with E-state index in [9.17, 15) is 0 Å². The molecular formula is C10H24N+. The Morgan fingerprint density at radius 3 is 2.27 bits per heavy atom. The smallest absolute Gasteiger partial charge is 0.0874 e. The Morgan fingerprint density at radius 2 is 1.91 bits per heavy atom. The molecule has 2 unspecified atom stereocenters. The minimum Gasteiger partial charge on any atom is -0.333 e. The summed E-state index contributed by atoms with van der Waals surface area (Å²) >= 11 is 0. The van der Waals surface area contributed by atoms with E-state index >= 15 is 0 Å². The van der Waals surface area contributed by atoms with Crippen molar-refractivity contribution in [1.29, 1.82) is 0 Å². The maximum absolute atomic E-state index is 2.31. The first-order valence-electron chi connectivity index (χ1n) is 5.23. The van der Waals surface area contributed by atoms with Gasteiger partial charge < -0.3 is 4.90 Å². The van der Waals surface area contributed by atoms with Crippen molar-refractivity contribution in [2.75, 3.05) is 13.1 Å². The lowest BCUT2D eigenvalue weighted by molar-refractivity contribution is -0.910. The van der Waals surface area contributed by atoms with Gasteiger partial charge in [-0.2, -0.15) is 0 Å². The molecule has 1 heterocycles. The fraction of sp³-hybridized carbons (Fsp3) is 1.00. The van der Waals surface area contributed by atoms with Crippen LogP contribution in [0, 0.1) is 0 Å². The molecule has 1 heteroatoms. The van der Waals surface area contributed by atoms with Gasteiger partial charge in [0.05, 0.1) is 19.1 Å². The Hall–Kier alpha value is -0.0400. The third-order valence-corrected chi connectivity index (χ3v) is 2.57. The van der Waals surface area contributed by atoms with Gasteiger partial charge in [0.15, 0.2) is 0 Å². The Labute approximate surface area is 71.8 Å². The van der Waals surface area contributed by atoms with Crippen molar-refractivity contribution in [3.05, 3.63) is 0 Å². The number of quaternary nitrogens is 1. The van der Waals surface area contributed by atoms with E-state index in [2.05, 4.69) is 13.8 Å². The van der Waals surface area contributed by atoms with Crippen LogP contribution in [0.15, 0.2) is 0 Å². The molecule has 1 N–H and O–H groups in total. The van der Waals surface area contributed by atoms with Crippen LogP contribution in [-0.2, 0) is 0 Å². The maximum Gasteiger partial charge on any atom is 0.0874 e. The lowest BCUT2D eigenvalue weighted by Gasteiger charge is -2.17. The van der Waals surface area contributed by atoms with Crippen LogP contribution in [0.25, 0.3) is 0 Å². The van der Waals surface area contributed by atoms with Gasteiger partial charge in [-0.1, -0.05) is 20.8 Å². The normalized spacial score (nSPS) is 29.5. The molecule has 1 nitrogen and oxygen atoms in total. The molecule has 0 radical (unpaired) electrons. The van der Waals surface area contributed by atoms with Gasteiger partial charge in [0.25, 0.3) is 0 Å². The molecule has 1 rings (SSSR count). The van der Waals surface area contributed by atoms with Gasteiger partial charge in [0.1, 0.15) is 0 Å². The van der Waals surface area contributed by atoms with Crippen molar-refractivity contribution in [3.63, 3.8) is 0 Å². The first-order valence-corrected chi connectivity index (χ1v) is 5.23. The summed E-state index contributed by atoms with van der Waals surface area (Å²) in [6, 6.07) is 0.995. The Kier molecular flexibility index (Phi) is 6.63. The summed E-state index contributed by atoms with van der Waals surface area (Å²) in [7, 11) is 0. The third kappa shape index (κ3) is 3.24. The standard InChI is InChI=1S/C8H17N.C2H6/c1-3-8-6-5-7-9(8)4-2;1-2/h8H,3-7H2,1-2H3;1-2H3/p+1. The van der Waals surface area contributed by atoms with Gasteiger partial charge in [-0.15, -0.1) is 0 Å². The molecule has 68 valence electrons. The van der Waals surface area contributed by atoms with Crippen molar-refractivity contribution in [2.24, 2.45) is 0 Å². The summed E-state index contributed by atoms with van der Waals surface area (Å²) < 4.78 is 0. The molecular weight excluding hydrogens is 134 g/mol. The minimum absolute atomic E-state index is 0.995. The predicted octanol–water partition coefficient (Wildman–Crippen LogP) is 1.49. The highest BCUT2D eigenvalue weighted by Gasteiger charge is 2.24. The molecule has 0 amide bonds. The molecule has 0 spiro atoms. The van der Waals surface area contributed by atoms with Crippen molar-refractivity contribution < 1.29 is 4.90 Å². The SMILES string of the molecule is CC.CCC1CCC[NH+]1CC. The van der Waals surface area contributed by atoms with Gasteiger partial charge in [-0.05, 0) is 13.3 Å². The molecule has 2 atom stereocenters. The molecule has 0 aromatic carbocycles. The monoisotopic (exact) mass is 158 g/mol. The van der Waals surface area contributed by atoms with E-state index in [1.54, 1.807) is 0 Å². The van der Waals surface area contributed by atoms with Crippen LogP contribution in [0.3, 0.4) is 0 Å². The summed E-state index contributed by atoms with van der Waals surface area (Å²) in [5, 5.41) is 0. The molecule has 0 saturated carbocycles. The second-order valence-electron chi connectivity index (χ2n) is 3.01. The van der Waals surface area contributed by atoms with E-state index in [-0.39, 0.29) is 0 Å². The topological polar surface area (TPSA) is 4.44 Å². The van der Waals surface area contributed by atoms with Crippen molar-refractivity contribution in [3.8, 4) is 0 Å². The van der Waals surface area contributed by atoms with E-state index in [1.807, 2.05) is 18.7 Å². The molecule has 0 aliphatic carbocycles. The lowest BCUT2D eigenvalue weighted by atomic mass is 10.2. The van der Waals surface area contributed by atoms with Gasteiger partial charge in [0, 0.05) is 12.8 Å². The van der Waals surface area contributed by atoms with Gasteiger partial charge in [-0.3, -0.25) is 0 Å². The van der Waals surface area contributed by atoms with Crippen LogP contribution in [0.1, 0.15) is 47.0 Å². The number of hydrogen-bond donors (Lipinski definition) is 1. The predicted molar refractivity (Wildman–Crippen MR) is 51.0 cm³/mol. The van der Waals surface area contributed by atoms with E-state index in [0.29, 0.717) is 0 Å². The Morgan fingerprint density at radius 1 is 1.27 bits per heavy atom. The Balaban J connectivity index is 0.000000461. The minimum atomic E-state index is 0.995. The molecule has 0 aromatic rings. The Bertz CT molecular complexity index is 70.9. The lowest BCUT2D eigenvalue weighted by Crippen LogP contribution is -3.13. The molecule has 1 saturated heterocycles. The number of hydrogen-bond acceptors (Lipinski definition) is 0. The number of likely N-dealkylation sites (tertiary alicyclic amines) is 1. The quantitative estimate of drug-likeness (QED) is 0.621. The molecule has 0 aromatic heterocycles. The van der Waals surface area contributed by atoms with Gasteiger partial charge in [0.2, 0.25) is 0 Å². The first-order chi connectivity index (χ1) is 5.38. The summed E-state index contributed by atoms with van der Waals surface area (Å²) in [4.78, 5) is 1.83. The number of rotatable bonds is 2. The van der Waals surface area contributed by atoms with E-state index in [4.69, 9.17) is 0 Å². The third-order valence-electron chi connectivity index (χ3n) is 2.57. The zero-order chi connectivity index (χ0) is 8.69. The van der Waals surface area contributed by atoms with Gasteiger partial charge >= 0.3 is 0 Å². The van der Waals surface area contributed by atoms with Crippen molar-refractivity contribution in [1.82, 2.24) is 0 Å². The van der Waals surface area contributed by atoms with Gasteiger partial charge in [-0.25, -0.2) is 0 Å². The van der Waals surface area contributed by atoms with Crippen LogP contribution in [0.5, 0.6) is 0 Å². The highest BCUT2D eigenvalue weighted by atomic mass is 15.2. The summed E-state index contributed by atoms with van der Waals surface area (Å²) in [6.45, 7) is 11.4. The molecule has 1 aliphatic heterocycles. The van der Waals surface area contributed by atoms with E-state index < -0.39 is 0 Å². The number of nitrogens with one attached hydrogen (secondary N) is 1. The van der Waals surface area contributed by atoms with Crippen LogP contribution < -0.4 is 4.90 Å². The van der Waals surface area contributed by atoms with Crippen LogP contribution in [-0.4, -0.2) is 19.1 Å². The molecule has 0 bridgehead atoms. The highest BCUT2D eigenvalue weighted by Crippen LogP contribution is 2.02. The van der Waals surface area contributed by atoms with Crippen molar-refractivity contribution in [2.45, 2.75) is 53.0 Å². The maximum atomic E-state index is 2.31. The second kappa shape index (κ2) is 6.66. The first kappa shape index (κ1) is 11.0. The largest absolute Gasteiger partial charge is 0.333 e. The fourth-order valence-electron chi connectivity index (χ4n) is 1.94. The zero-order valence-corrected chi connectivity index (χ0v) is 8.61. The van der Waals surface area contributed by atoms with Crippen molar-refractivity contribution >= 4 is 0 Å². The molecule has 11 heavy (non-hydrogen) atoms. The summed E-state index contributed by atoms with van der Waals surface area (Å²) in [5.74, 6) is 0. The van der Waals surface area contributed by atoms with Crippen LogP contribution >= 0.6 is 0 Å². The van der Waals surface area contributed by atoms with Crippen LogP contribution in [0.2, 0.25) is 0 Å². The zero-order valence-electron chi connectivity index (χ0n) is 8.61. The van der Waals surface area contributed by atoms with Crippen LogP contribution in [0.4, 0.5) is 0 Å². The molecule has 1 aliphatic rings. The summed E-state index contributed by atoms with van der Waals surface area (Å²) in [6.07, 6.45) is 4.31. The molecule has 1 fully saturated rings. The van der Waals surface area contributed by atoms with E-state index in [1.165, 1.54) is 32.4 Å². The second-order valence-corrected chi connectivity index (χ2v) is 3.01. The fourth-order valence-corrected chi connectivity index (χ4v) is 1.94. The summed E-state index contributed by atoms with van der Waals surface area (Å²) in [5.41, 5.74) is 0. The highest BCUT2D eigenvalue weighted by molar-refractivity contribution is 4.58. The average Bonchev–Trinajstić information content (AvgIpc) is 2.54.